The van der Waals surface area contributed by atoms with Crippen molar-refractivity contribution < 1.29 is 19.1 Å². The Morgan fingerprint density at radius 2 is 1.52 bits per heavy atom. The molecule has 5 aliphatic rings. The number of carbonyl (C=O) groups is 3. The van der Waals surface area contributed by atoms with E-state index in [4.69, 9.17) is 27.9 Å². The largest absolute Gasteiger partial charge is 0.423 e. The van der Waals surface area contributed by atoms with Crippen LogP contribution in [0.1, 0.15) is 16.8 Å². The zero-order valence-electron chi connectivity index (χ0n) is 16.2. The van der Waals surface area contributed by atoms with Crippen molar-refractivity contribution in [2.75, 3.05) is 4.90 Å². The molecule has 0 N–H and O–H groups in total. The second-order valence-corrected chi connectivity index (χ2v) is 9.52. The van der Waals surface area contributed by atoms with Gasteiger partial charge in [-0.15, -0.1) is 0 Å². The molecule has 1 heterocycles. The summed E-state index contributed by atoms with van der Waals surface area (Å²) in [5.41, 5.74) is 0.701. The van der Waals surface area contributed by atoms with E-state index in [0.29, 0.717) is 28.3 Å². The van der Waals surface area contributed by atoms with Gasteiger partial charge in [-0.2, -0.15) is 0 Å². The lowest BCUT2D eigenvalue weighted by Crippen LogP contribution is -2.40. The molecule has 6 atom stereocenters. The lowest BCUT2D eigenvalue weighted by atomic mass is 9.63. The molecule has 2 saturated carbocycles. The zero-order valence-corrected chi connectivity index (χ0v) is 17.7. The first-order valence-electron chi connectivity index (χ1n) is 10.3. The fraction of sp³-hybridized carbons (Fsp3) is 0.292. The molecule has 2 amide bonds. The highest BCUT2D eigenvalue weighted by molar-refractivity contribution is 6.36. The van der Waals surface area contributed by atoms with Gasteiger partial charge in [-0.1, -0.05) is 35.4 Å². The van der Waals surface area contributed by atoms with E-state index in [0.717, 1.165) is 6.42 Å². The molecule has 156 valence electrons. The van der Waals surface area contributed by atoms with Gasteiger partial charge in [-0.05, 0) is 72.6 Å². The smallest absolute Gasteiger partial charge is 0.345 e. The van der Waals surface area contributed by atoms with Gasteiger partial charge in [0.05, 0.1) is 28.1 Å². The minimum Gasteiger partial charge on any atom is -0.423 e. The van der Waals surface area contributed by atoms with Crippen molar-refractivity contribution in [1.29, 1.82) is 0 Å². The molecule has 0 radical (unpaired) electrons. The summed E-state index contributed by atoms with van der Waals surface area (Å²) >= 11 is 11.9. The number of amides is 2. The van der Waals surface area contributed by atoms with Crippen LogP contribution in [0, 0.1) is 35.5 Å². The molecular weight excluding hydrogens is 437 g/mol. The van der Waals surface area contributed by atoms with Crippen molar-refractivity contribution in [3.05, 3.63) is 70.2 Å². The molecule has 3 fully saturated rings. The summed E-state index contributed by atoms with van der Waals surface area (Å²) in [5, 5.41) is 0.624. The van der Waals surface area contributed by atoms with Gasteiger partial charge >= 0.3 is 5.97 Å². The minimum absolute atomic E-state index is 0.114. The number of ether oxygens (including phenoxy) is 1. The third kappa shape index (κ3) is 2.80. The van der Waals surface area contributed by atoms with E-state index in [-0.39, 0.29) is 46.1 Å². The average molecular weight is 454 g/mol. The zero-order chi connectivity index (χ0) is 21.4. The van der Waals surface area contributed by atoms with Crippen LogP contribution in [0.15, 0.2) is 54.6 Å². The third-order valence-electron chi connectivity index (χ3n) is 7.12. The van der Waals surface area contributed by atoms with Gasteiger partial charge in [0.25, 0.3) is 0 Å². The number of allylic oxidation sites excluding steroid dienone is 2. The van der Waals surface area contributed by atoms with Crippen molar-refractivity contribution in [3.63, 3.8) is 0 Å². The molecule has 2 aromatic rings. The standard InChI is InChI=1S/C24H17Cl2NO4/c25-11-1-6-16(19(26)9-11)24(30)31-13-4-2-12(3-5-13)27-22(28)20-14-7-8-15(18-10-17(14)18)21(20)23(27)29/h1-9,14-15,17-18,20-21H,10H2/t14-,15-,17-,18+,20+,21+/m0/s1. The monoisotopic (exact) mass is 453 g/mol. The molecule has 1 saturated heterocycles. The highest BCUT2D eigenvalue weighted by Crippen LogP contribution is 2.65. The summed E-state index contributed by atoms with van der Waals surface area (Å²) in [6, 6.07) is 10.9. The predicted octanol–water partition coefficient (Wildman–Crippen LogP) is 4.77. The van der Waals surface area contributed by atoms with Crippen molar-refractivity contribution >= 4 is 46.7 Å². The maximum absolute atomic E-state index is 13.2. The van der Waals surface area contributed by atoms with E-state index >= 15 is 0 Å². The van der Waals surface area contributed by atoms with Gasteiger partial charge in [0.15, 0.2) is 0 Å². The van der Waals surface area contributed by atoms with Crippen LogP contribution >= 0.6 is 23.2 Å². The molecule has 5 nitrogen and oxygen atoms in total. The second kappa shape index (κ2) is 6.68. The fourth-order valence-electron chi connectivity index (χ4n) is 5.69. The van der Waals surface area contributed by atoms with E-state index in [1.54, 1.807) is 30.3 Å². The molecular formula is C24H17Cl2NO4. The van der Waals surface area contributed by atoms with Crippen molar-refractivity contribution in [2.45, 2.75) is 6.42 Å². The molecule has 2 aromatic carbocycles. The highest BCUT2D eigenvalue weighted by atomic mass is 35.5. The topological polar surface area (TPSA) is 63.7 Å². The van der Waals surface area contributed by atoms with Gasteiger partial charge in [0, 0.05) is 5.02 Å². The Labute approximate surface area is 188 Å². The number of imide groups is 1. The molecule has 0 aromatic heterocycles. The molecule has 2 bridgehead atoms. The fourth-order valence-corrected chi connectivity index (χ4v) is 6.18. The van der Waals surface area contributed by atoms with E-state index in [9.17, 15) is 14.4 Å². The third-order valence-corrected chi connectivity index (χ3v) is 7.67. The lowest BCUT2D eigenvalue weighted by Gasteiger charge is -2.37. The molecule has 4 aliphatic carbocycles. The summed E-state index contributed by atoms with van der Waals surface area (Å²) in [6.45, 7) is 0. The van der Waals surface area contributed by atoms with Gasteiger partial charge in [-0.3, -0.25) is 14.5 Å². The summed E-state index contributed by atoms with van der Waals surface area (Å²) in [4.78, 5) is 40.1. The Hall–Kier alpha value is -2.63. The molecule has 7 heteroatoms. The van der Waals surface area contributed by atoms with Crippen molar-refractivity contribution in [2.24, 2.45) is 35.5 Å². The van der Waals surface area contributed by atoms with Gasteiger partial charge < -0.3 is 4.74 Å². The van der Waals surface area contributed by atoms with Crippen LogP contribution in [0.4, 0.5) is 5.69 Å². The molecule has 31 heavy (non-hydrogen) atoms. The number of esters is 1. The maximum Gasteiger partial charge on any atom is 0.345 e. The SMILES string of the molecule is O=C(Oc1ccc(N2C(=O)[C@@H]3[C@H]4C=C[C@@H]([C@@H]5C[C@H]45)[C@H]3C2=O)cc1)c1ccc(Cl)cc1Cl. The van der Waals surface area contributed by atoms with E-state index in [1.165, 1.54) is 17.0 Å². The van der Waals surface area contributed by atoms with Crippen LogP contribution in [0.3, 0.4) is 0 Å². The Kier molecular flexibility index (Phi) is 4.11. The lowest BCUT2D eigenvalue weighted by molar-refractivity contribution is -0.124. The number of anilines is 1. The Morgan fingerprint density at radius 3 is 2.10 bits per heavy atom. The van der Waals surface area contributed by atoms with Crippen LogP contribution in [0.25, 0.3) is 0 Å². The summed E-state index contributed by atoms with van der Waals surface area (Å²) in [6.07, 6.45) is 5.44. The van der Waals surface area contributed by atoms with Gasteiger partial charge in [0.2, 0.25) is 11.8 Å². The molecule has 7 rings (SSSR count). The molecule has 0 unspecified atom stereocenters. The normalized spacial score (nSPS) is 32.1. The summed E-state index contributed by atoms with van der Waals surface area (Å²) in [5.74, 6) is 0.469. The Balaban J connectivity index is 1.22. The number of carbonyl (C=O) groups excluding carboxylic acids is 3. The number of rotatable bonds is 3. The first-order valence-corrected chi connectivity index (χ1v) is 11.0. The van der Waals surface area contributed by atoms with E-state index < -0.39 is 5.97 Å². The Bertz CT molecular complexity index is 1140. The maximum atomic E-state index is 13.2. The van der Waals surface area contributed by atoms with Crippen LogP contribution in [0.2, 0.25) is 10.0 Å². The predicted molar refractivity (Wildman–Crippen MR) is 115 cm³/mol. The quantitative estimate of drug-likeness (QED) is 0.290. The van der Waals surface area contributed by atoms with Crippen molar-refractivity contribution in [3.8, 4) is 5.75 Å². The Morgan fingerprint density at radius 1 is 0.903 bits per heavy atom. The first kappa shape index (κ1) is 19.1. The van der Waals surface area contributed by atoms with Crippen LogP contribution < -0.4 is 9.64 Å². The number of halogens is 2. The van der Waals surface area contributed by atoms with Gasteiger partial charge in [-0.25, -0.2) is 4.79 Å². The van der Waals surface area contributed by atoms with Crippen molar-refractivity contribution in [1.82, 2.24) is 0 Å². The first-order chi connectivity index (χ1) is 14.9. The summed E-state index contributed by atoms with van der Waals surface area (Å²) in [7, 11) is 0. The van der Waals surface area contributed by atoms with Crippen LogP contribution in [-0.4, -0.2) is 17.8 Å². The van der Waals surface area contributed by atoms with Gasteiger partial charge in [0.1, 0.15) is 5.75 Å². The van der Waals surface area contributed by atoms with E-state index in [2.05, 4.69) is 12.2 Å². The van der Waals surface area contributed by atoms with E-state index in [1.807, 2.05) is 0 Å². The molecule has 0 spiro atoms. The number of nitrogens with zero attached hydrogens (tertiary/aromatic N) is 1. The number of hydrogen-bond donors (Lipinski definition) is 0. The summed E-state index contributed by atoms with van der Waals surface area (Å²) < 4.78 is 5.39. The number of benzene rings is 2. The van der Waals surface area contributed by atoms with Crippen LogP contribution in [0.5, 0.6) is 5.75 Å². The average Bonchev–Trinajstić information content (AvgIpc) is 3.52. The second-order valence-electron chi connectivity index (χ2n) is 8.67. The molecule has 1 aliphatic heterocycles. The highest BCUT2D eigenvalue weighted by Gasteiger charge is 2.67. The number of hydrogen-bond acceptors (Lipinski definition) is 4. The van der Waals surface area contributed by atoms with Crippen LogP contribution in [-0.2, 0) is 9.59 Å². The minimum atomic E-state index is -0.615.